The maximum Gasteiger partial charge on any atom is 0.234 e. The summed E-state index contributed by atoms with van der Waals surface area (Å²) in [4.78, 5) is 23.4. The van der Waals surface area contributed by atoms with Gasteiger partial charge in [-0.15, -0.1) is 11.8 Å². The number of methoxy groups -OCH3 is 1. The van der Waals surface area contributed by atoms with Crippen LogP contribution in [0.2, 0.25) is 0 Å². The lowest BCUT2D eigenvalue weighted by Gasteiger charge is -2.10. The van der Waals surface area contributed by atoms with Crippen molar-refractivity contribution in [3.63, 3.8) is 0 Å². The number of phenols is 1. The van der Waals surface area contributed by atoms with E-state index < -0.39 is 0 Å². The summed E-state index contributed by atoms with van der Waals surface area (Å²) < 4.78 is 5.29. The molecule has 5 nitrogen and oxygen atoms in total. The molecule has 6 heteroatoms. The number of aromatic hydroxyl groups is 1. The van der Waals surface area contributed by atoms with Crippen LogP contribution in [-0.2, 0) is 10.5 Å². The van der Waals surface area contributed by atoms with Crippen LogP contribution in [0.15, 0.2) is 42.5 Å². The predicted octanol–water partition coefficient (Wildman–Crippen LogP) is 3.48. The highest BCUT2D eigenvalue weighted by atomic mass is 32.2. The summed E-state index contributed by atoms with van der Waals surface area (Å²) in [7, 11) is 1.57. The normalized spacial score (nSPS) is 10.2. The molecule has 0 heterocycles. The molecule has 2 aromatic carbocycles. The smallest absolute Gasteiger partial charge is 0.234 e. The molecule has 2 aromatic rings. The Hall–Kier alpha value is -2.47. The number of anilines is 1. The van der Waals surface area contributed by atoms with Gasteiger partial charge in [-0.1, -0.05) is 12.1 Å². The summed E-state index contributed by atoms with van der Waals surface area (Å²) in [6, 6.07) is 11.8. The van der Waals surface area contributed by atoms with E-state index in [0.717, 1.165) is 5.56 Å². The van der Waals surface area contributed by atoms with E-state index in [4.69, 9.17) is 4.74 Å². The quantitative estimate of drug-likeness (QED) is 0.593. The number of carbonyl (C=O) groups is 2. The minimum Gasteiger partial charge on any atom is -0.506 e. The molecule has 0 fully saturated rings. The monoisotopic (exact) mass is 345 g/mol. The molecule has 0 saturated carbocycles. The number of carbonyl (C=O) groups excluding carboxylic acids is 2. The number of phenolic OH excluding ortho intramolecular Hbond substituents is 1. The number of rotatable bonds is 7. The van der Waals surface area contributed by atoms with Crippen molar-refractivity contribution in [2.24, 2.45) is 0 Å². The SMILES string of the molecule is COc1ccc(C(C)=O)cc1CSCC(=O)Nc1ccccc1O. The molecule has 24 heavy (non-hydrogen) atoms. The summed E-state index contributed by atoms with van der Waals surface area (Å²) in [5.41, 5.74) is 1.87. The van der Waals surface area contributed by atoms with E-state index in [2.05, 4.69) is 5.32 Å². The molecule has 2 rings (SSSR count). The third-order valence-corrected chi connectivity index (χ3v) is 4.34. The third kappa shape index (κ3) is 4.76. The Labute approximate surface area is 145 Å². The minimum atomic E-state index is -0.205. The van der Waals surface area contributed by atoms with Gasteiger partial charge in [0.05, 0.1) is 18.6 Å². The molecule has 0 bridgehead atoms. The Morgan fingerprint density at radius 1 is 1.21 bits per heavy atom. The van der Waals surface area contributed by atoms with Gasteiger partial charge in [0.15, 0.2) is 5.78 Å². The molecular weight excluding hydrogens is 326 g/mol. The van der Waals surface area contributed by atoms with Gasteiger partial charge >= 0.3 is 0 Å². The molecule has 0 aliphatic rings. The van der Waals surface area contributed by atoms with Crippen LogP contribution in [0.4, 0.5) is 5.69 Å². The summed E-state index contributed by atoms with van der Waals surface area (Å²) in [6.45, 7) is 1.51. The molecule has 1 amide bonds. The van der Waals surface area contributed by atoms with Gasteiger partial charge in [-0.2, -0.15) is 0 Å². The highest BCUT2D eigenvalue weighted by molar-refractivity contribution is 7.99. The summed E-state index contributed by atoms with van der Waals surface area (Å²) in [5, 5.41) is 12.3. The Bertz CT molecular complexity index is 746. The first kappa shape index (κ1) is 17.9. The zero-order valence-corrected chi connectivity index (χ0v) is 14.4. The number of thioether (sulfide) groups is 1. The van der Waals surface area contributed by atoms with Crippen LogP contribution in [0.1, 0.15) is 22.8 Å². The van der Waals surface area contributed by atoms with E-state index in [1.165, 1.54) is 24.8 Å². The second-order valence-electron chi connectivity index (χ2n) is 5.14. The Balaban J connectivity index is 1.94. The maximum atomic E-state index is 12.0. The average molecular weight is 345 g/mol. The van der Waals surface area contributed by atoms with E-state index in [0.29, 0.717) is 22.8 Å². The van der Waals surface area contributed by atoms with Crippen LogP contribution >= 0.6 is 11.8 Å². The van der Waals surface area contributed by atoms with Gasteiger partial charge in [-0.25, -0.2) is 0 Å². The number of hydrogen-bond donors (Lipinski definition) is 2. The van der Waals surface area contributed by atoms with Crippen LogP contribution in [0.25, 0.3) is 0 Å². The first-order chi connectivity index (χ1) is 11.5. The number of ether oxygens (including phenoxy) is 1. The van der Waals surface area contributed by atoms with Crippen LogP contribution in [0.3, 0.4) is 0 Å². The van der Waals surface area contributed by atoms with Crippen molar-refractivity contribution >= 4 is 29.1 Å². The molecule has 2 N–H and O–H groups in total. The molecule has 0 aliphatic heterocycles. The van der Waals surface area contributed by atoms with Crippen molar-refractivity contribution in [2.45, 2.75) is 12.7 Å². The topological polar surface area (TPSA) is 75.6 Å². The second-order valence-corrected chi connectivity index (χ2v) is 6.13. The fourth-order valence-corrected chi connectivity index (χ4v) is 2.93. The number of ketones is 1. The zero-order chi connectivity index (χ0) is 17.5. The molecule has 0 aliphatic carbocycles. The Morgan fingerprint density at radius 3 is 2.62 bits per heavy atom. The van der Waals surface area contributed by atoms with E-state index in [1.54, 1.807) is 43.5 Å². The second kappa shape index (κ2) is 8.40. The fourth-order valence-electron chi connectivity index (χ4n) is 2.13. The number of para-hydroxylation sites is 2. The van der Waals surface area contributed by atoms with E-state index >= 15 is 0 Å². The standard InChI is InChI=1S/C18H19NO4S/c1-12(20)13-7-8-17(23-2)14(9-13)10-24-11-18(22)19-15-5-3-4-6-16(15)21/h3-9,21H,10-11H2,1-2H3,(H,19,22). The lowest BCUT2D eigenvalue weighted by molar-refractivity contribution is -0.113. The summed E-state index contributed by atoms with van der Waals surface area (Å²) >= 11 is 1.40. The van der Waals surface area contributed by atoms with Crippen molar-refractivity contribution in [2.75, 3.05) is 18.2 Å². The van der Waals surface area contributed by atoms with E-state index in [9.17, 15) is 14.7 Å². The lowest BCUT2D eigenvalue weighted by atomic mass is 10.1. The maximum absolute atomic E-state index is 12.0. The highest BCUT2D eigenvalue weighted by Crippen LogP contribution is 2.26. The van der Waals surface area contributed by atoms with Gasteiger partial charge in [0.1, 0.15) is 11.5 Å². The van der Waals surface area contributed by atoms with Gasteiger partial charge in [-0.05, 0) is 37.3 Å². The molecule has 126 valence electrons. The van der Waals surface area contributed by atoms with Crippen molar-refractivity contribution in [1.82, 2.24) is 0 Å². The minimum absolute atomic E-state index is 0.0128. The van der Waals surface area contributed by atoms with Crippen LogP contribution in [-0.4, -0.2) is 29.7 Å². The fraction of sp³-hybridized carbons (Fsp3) is 0.222. The van der Waals surface area contributed by atoms with Gasteiger partial charge < -0.3 is 15.2 Å². The van der Waals surface area contributed by atoms with Crippen LogP contribution in [0, 0.1) is 0 Å². The number of hydrogen-bond acceptors (Lipinski definition) is 5. The lowest BCUT2D eigenvalue weighted by Crippen LogP contribution is -2.14. The number of Topliss-reactive ketones (excluding diaryl/α,β-unsaturated/α-hetero) is 1. The Morgan fingerprint density at radius 2 is 1.96 bits per heavy atom. The van der Waals surface area contributed by atoms with E-state index in [1.807, 2.05) is 0 Å². The van der Waals surface area contributed by atoms with Crippen LogP contribution in [0.5, 0.6) is 11.5 Å². The van der Waals surface area contributed by atoms with Gasteiger partial charge in [0.25, 0.3) is 0 Å². The van der Waals surface area contributed by atoms with Crippen LogP contribution < -0.4 is 10.1 Å². The molecule has 0 saturated heterocycles. The summed E-state index contributed by atoms with van der Waals surface area (Å²) in [6.07, 6.45) is 0. The number of amides is 1. The third-order valence-electron chi connectivity index (χ3n) is 3.36. The van der Waals surface area contributed by atoms with Crippen molar-refractivity contribution in [3.05, 3.63) is 53.6 Å². The number of nitrogens with one attached hydrogen (secondary N) is 1. The van der Waals surface area contributed by atoms with E-state index in [-0.39, 0.29) is 23.2 Å². The van der Waals surface area contributed by atoms with Gasteiger partial charge in [-0.3, -0.25) is 9.59 Å². The molecule has 0 atom stereocenters. The summed E-state index contributed by atoms with van der Waals surface area (Å²) in [5.74, 6) is 1.27. The van der Waals surface area contributed by atoms with Gasteiger partial charge in [0.2, 0.25) is 5.91 Å². The zero-order valence-electron chi connectivity index (χ0n) is 13.5. The van der Waals surface area contributed by atoms with Crippen molar-refractivity contribution in [1.29, 1.82) is 0 Å². The molecule has 0 radical (unpaired) electrons. The van der Waals surface area contributed by atoms with Gasteiger partial charge in [0, 0.05) is 16.9 Å². The molecule has 0 aromatic heterocycles. The first-order valence-electron chi connectivity index (χ1n) is 7.34. The average Bonchev–Trinajstić information content (AvgIpc) is 2.56. The largest absolute Gasteiger partial charge is 0.506 e. The predicted molar refractivity (Wildman–Crippen MR) is 95.9 cm³/mol. The van der Waals surface area contributed by atoms with Crippen molar-refractivity contribution < 1.29 is 19.4 Å². The molecular formula is C18H19NO4S. The highest BCUT2D eigenvalue weighted by Gasteiger charge is 2.10. The molecule has 0 unspecified atom stereocenters. The first-order valence-corrected chi connectivity index (χ1v) is 8.50. The number of benzene rings is 2. The Kier molecular flexibility index (Phi) is 6.26. The van der Waals surface area contributed by atoms with Crippen molar-refractivity contribution in [3.8, 4) is 11.5 Å². The molecule has 0 spiro atoms.